The molecule has 0 fully saturated rings. The lowest BCUT2D eigenvalue weighted by atomic mass is 9.95. The third kappa shape index (κ3) is 7.34. The number of aryl methyl sites for hydroxylation is 1. The molecule has 188 valence electrons. The van der Waals surface area contributed by atoms with Crippen molar-refractivity contribution in [3.05, 3.63) is 65.9 Å². The van der Waals surface area contributed by atoms with E-state index >= 15 is 0 Å². The van der Waals surface area contributed by atoms with Crippen molar-refractivity contribution < 1.29 is 23.1 Å². The lowest BCUT2D eigenvalue weighted by Gasteiger charge is -2.16. The molecule has 1 unspecified atom stereocenters. The average molecular weight is 488 g/mol. The number of nitrogens with one attached hydrogen (secondary N) is 1. The second-order valence-electron chi connectivity index (χ2n) is 9.03. The SMILES string of the molecule is C=C(NCC(F)(F)F)c1ccc2nn(CC(CCC)CCCC(=O)c3ccc(C)cc3)cc2c1O. The van der Waals surface area contributed by atoms with Gasteiger partial charge in [-0.25, -0.2) is 0 Å². The zero-order valence-corrected chi connectivity index (χ0v) is 20.2. The Kier molecular flexibility index (Phi) is 8.59. The maximum Gasteiger partial charge on any atom is 0.405 e. The van der Waals surface area contributed by atoms with E-state index in [0.717, 1.165) is 36.8 Å². The maximum absolute atomic E-state index is 12.5. The number of benzene rings is 2. The standard InChI is InChI=1S/C27H32F3N3O2/c1-4-6-20(7-5-8-25(34)21-11-9-18(2)10-12-21)15-33-16-23-24(32-33)14-13-22(26(23)35)19(3)31-17-27(28,29)30/h9-14,16,20,31,35H,3-8,15,17H2,1-2H3. The van der Waals surface area contributed by atoms with Gasteiger partial charge in [0.15, 0.2) is 5.78 Å². The van der Waals surface area contributed by atoms with E-state index < -0.39 is 12.7 Å². The van der Waals surface area contributed by atoms with Gasteiger partial charge in [0, 0.05) is 36.0 Å². The van der Waals surface area contributed by atoms with Crippen molar-refractivity contribution in [1.82, 2.24) is 15.1 Å². The van der Waals surface area contributed by atoms with Crippen LogP contribution in [0.3, 0.4) is 0 Å². The van der Waals surface area contributed by atoms with Crippen LogP contribution in [0.5, 0.6) is 5.75 Å². The Labute approximate surface area is 203 Å². The Morgan fingerprint density at radius 1 is 1.17 bits per heavy atom. The second kappa shape index (κ2) is 11.4. The molecule has 2 N–H and O–H groups in total. The van der Waals surface area contributed by atoms with Crippen molar-refractivity contribution >= 4 is 22.4 Å². The number of ketones is 1. The summed E-state index contributed by atoms with van der Waals surface area (Å²) < 4.78 is 39.3. The van der Waals surface area contributed by atoms with Gasteiger partial charge in [0.25, 0.3) is 0 Å². The molecule has 0 amide bonds. The monoisotopic (exact) mass is 487 g/mol. The highest BCUT2D eigenvalue weighted by Gasteiger charge is 2.27. The van der Waals surface area contributed by atoms with Crippen LogP contribution in [0.4, 0.5) is 13.2 Å². The fourth-order valence-electron chi connectivity index (χ4n) is 4.20. The van der Waals surface area contributed by atoms with Crippen LogP contribution in [0.2, 0.25) is 0 Å². The van der Waals surface area contributed by atoms with Crippen LogP contribution in [0, 0.1) is 12.8 Å². The molecule has 0 saturated carbocycles. The van der Waals surface area contributed by atoms with Gasteiger partial charge in [0.1, 0.15) is 12.3 Å². The van der Waals surface area contributed by atoms with Gasteiger partial charge in [-0.3, -0.25) is 9.48 Å². The zero-order chi connectivity index (χ0) is 25.6. The van der Waals surface area contributed by atoms with E-state index in [0.29, 0.717) is 29.8 Å². The van der Waals surface area contributed by atoms with Crippen LogP contribution < -0.4 is 5.32 Å². The molecule has 3 aromatic rings. The molecule has 8 heteroatoms. The van der Waals surface area contributed by atoms with Crippen LogP contribution in [-0.2, 0) is 6.54 Å². The number of carbonyl (C=O) groups excluding carboxylic acids is 1. The molecule has 3 rings (SSSR count). The summed E-state index contributed by atoms with van der Waals surface area (Å²) in [6.07, 6.45) is 1.44. The number of aromatic nitrogens is 2. The number of halogens is 3. The highest BCUT2D eigenvalue weighted by molar-refractivity contribution is 5.96. The predicted molar refractivity (Wildman–Crippen MR) is 132 cm³/mol. The molecule has 0 spiro atoms. The number of aromatic hydroxyl groups is 1. The first-order valence-corrected chi connectivity index (χ1v) is 11.9. The topological polar surface area (TPSA) is 67.2 Å². The summed E-state index contributed by atoms with van der Waals surface area (Å²) in [6.45, 7) is 7.13. The number of phenols is 1. The fraction of sp³-hybridized carbons (Fsp3) is 0.407. The fourth-order valence-corrected chi connectivity index (χ4v) is 4.20. The minimum absolute atomic E-state index is 0.00317. The van der Waals surface area contributed by atoms with Crippen LogP contribution in [0.1, 0.15) is 60.5 Å². The first-order valence-electron chi connectivity index (χ1n) is 11.9. The van der Waals surface area contributed by atoms with Crippen LogP contribution in [-0.4, -0.2) is 33.4 Å². The number of hydrogen-bond acceptors (Lipinski definition) is 4. The Balaban J connectivity index is 1.64. The number of rotatable bonds is 12. The molecular formula is C27H32F3N3O2. The summed E-state index contributed by atoms with van der Waals surface area (Å²) in [7, 11) is 0. The zero-order valence-electron chi connectivity index (χ0n) is 20.2. The van der Waals surface area contributed by atoms with Crippen molar-refractivity contribution in [2.24, 2.45) is 5.92 Å². The molecule has 35 heavy (non-hydrogen) atoms. The van der Waals surface area contributed by atoms with Gasteiger partial charge in [0.2, 0.25) is 0 Å². The van der Waals surface area contributed by atoms with Crippen molar-refractivity contribution in [2.45, 2.75) is 58.7 Å². The largest absolute Gasteiger partial charge is 0.506 e. The smallest absolute Gasteiger partial charge is 0.405 e. The Bertz CT molecular complexity index is 1170. The van der Waals surface area contributed by atoms with Crippen molar-refractivity contribution in [3.8, 4) is 5.75 Å². The van der Waals surface area contributed by atoms with Crippen molar-refractivity contribution in [3.63, 3.8) is 0 Å². The lowest BCUT2D eigenvalue weighted by Crippen LogP contribution is -2.27. The molecule has 0 radical (unpaired) electrons. The highest BCUT2D eigenvalue weighted by Crippen LogP contribution is 2.32. The van der Waals surface area contributed by atoms with E-state index in [-0.39, 0.29) is 22.8 Å². The van der Waals surface area contributed by atoms with E-state index in [1.54, 1.807) is 16.9 Å². The van der Waals surface area contributed by atoms with E-state index in [9.17, 15) is 23.1 Å². The summed E-state index contributed by atoms with van der Waals surface area (Å²) in [5, 5.41) is 17.9. The van der Waals surface area contributed by atoms with Gasteiger partial charge in [0.05, 0.1) is 10.9 Å². The van der Waals surface area contributed by atoms with E-state index in [4.69, 9.17) is 0 Å². The Morgan fingerprint density at radius 3 is 2.54 bits per heavy atom. The highest BCUT2D eigenvalue weighted by atomic mass is 19.4. The van der Waals surface area contributed by atoms with Gasteiger partial charge >= 0.3 is 6.18 Å². The number of nitrogens with zero attached hydrogens (tertiary/aromatic N) is 2. The summed E-state index contributed by atoms with van der Waals surface area (Å²) in [5.74, 6) is 0.302. The van der Waals surface area contributed by atoms with Crippen molar-refractivity contribution in [1.29, 1.82) is 0 Å². The molecule has 5 nitrogen and oxygen atoms in total. The molecule has 1 atom stereocenters. The van der Waals surface area contributed by atoms with Gasteiger partial charge in [-0.2, -0.15) is 18.3 Å². The van der Waals surface area contributed by atoms with Gasteiger partial charge < -0.3 is 10.4 Å². The number of alkyl halides is 3. The molecule has 1 heterocycles. The molecule has 0 bridgehead atoms. The summed E-state index contributed by atoms with van der Waals surface area (Å²) in [6, 6.07) is 10.8. The second-order valence-corrected chi connectivity index (χ2v) is 9.03. The lowest BCUT2D eigenvalue weighted by molar-refractivity contribution is -0.122. The van der Waals surface area contributed by atoms with E-state index in [1.165, 1.54) is 6.07 Å². The van der Waals surface area contributed by atoms with Gasteiger partial charge in [-0.1, -0.05) is 49.8 Å². The van der Waals surface area contributed by atoms with Crippen molar-refractivity contribution in [2.75, 3.05) is 6.54 Å². The summed E-state index contributed by atoms with van der Waals surface area (Å²) in [5.41, 5.74) is 2.62. The predicted octanol–water partition coefficient (Wildman–Crippen LogP) is 6.64. The molecule has 0 saturated heterocycles. The molecule has 0 aliphatic carbocycles. The number of Topliss-reactive ketones (excluding diaryl/α,β-unsaturated/α-hetero) is 1. The first kappa shape index (κ1) is 26.3. The average Bonchev–Trinajstić information content (AvgIpc) is 3.21. The number of fused-ring (bicyclic) bond motifs is 1. The Hall–Kier alpha value is -3.29. The van der Waals surface area contributed by atoms with Crippen LogP contribution in [0.15, 0.2) is 49.2 Å². The first-order chi connectivity index (χ1) is 16.6. The molecule has 0 aliphatic rings. The summed E-state index contributed by atoms with van der Waals surface area (Å²) in [4.78, 5) is 12.5. The molecular weight excluding hydrogens is 455 g/mol. The third-order valence-corrected chi connectivity index (χ3v) is 6.07. The summed E-state index contributed by atoms with van der Waals surface area (Å²) >= 11 is 0. The maximum atomic E-state index is 12.5. The molecule has 0 aliphatic heterocycles. The van der Waals surface area contributed by atoms with Gasteiger partial charge in [-0.15, -0.1) is 0 Å². The normalized spacial score (nSPS) is 12.6. The number of phenolic OH excluding ortho intramolecular Hbond substituents is 1. The number of hydrogen-bond donors (Lipinski definition) is 2. The van der Waals surface area contributed by atoms with E-state index in [1.807, 2.05) is 31.2 Å². The van der Waals surface area contributed by atoms with Crippen LogP contribution in [0.25, 0.3) is 16.6 Å². The van der Waals surface area contributed by atoms with Gasteiger partial charge in [-0.05, 0) is 44.2 Å². The quantitative estimate of drug-likeness (QED) is 0.281. The molecule has 2 aromatic carbocycles. The minimum Gasteiger partial charge on any atom is -0.506 e. The third-order valence-electron chi connectivity index (χ3n) is 6.07. The van der Waals surface area contributed by atoms with Crippen LogP contribution >= 0.6 is 0 Å². The minimum atomic E-state index is -4.38. The number of carbonyl (C=O) groups is 1. The Morgan fingerprint density at radius 2 is 1.89 bits per heavy atom. The molecule has 1 aromatic heterocycles. The van der Waals surface area contributed by atoms with E-state index in [2.05, 4.69) is 23.9 Å².